The Hall–Kier alpha value is -2.04. The number of carbonyl (C=O) groups is 2. The van der Waals surface area contributed by atoms with Crippen LogP contribution in [0.2, 0.25) is 0 Å². The highest BCUT2D eigenvalue weighted by Crippen LogP contribution is 2.13. The van der Waals surface area contributed by atoms with E-state index in [0.29, 0.717) is 17.7 Å². The lowest BCUT2D eigenvalue weighted by Gasteiger charge is -2.12. The second-order valence-electron chi connectivity index (χ2n) is 4.24. The molecule has 0 bridgehead atoms. The number of anilines is 1. The standard InChI is InChI=1S/C13H18N2O3/c1-3-9(13(17)18)7-15-12(16)10-6-8(2)4-5-11(10)14/h4-6,9H,3,7,14H2,1-2H3,(H,15,16)(H,17,18). The third-order valence-corrected chi connectivity index (χ3v) is 2.80. The normalized spacial score (nSPS) is 11.9. The number of carbonyl (C=O) groups excluding carboxylic acids is 1. The number of amides is 1. The van der Waals surface area contributed by atoms with Crippen molar-refractivity contribution in [3.05, 3.63) is 29.3 Å². The van der Waals surface area contributed by atoms with Gasteiger partial charge in [-0.3, -0.25) is 9.59 Å². The molecule has 1 unspecified atom stereocenters. The van der Waals surface area contributed by atoms with E-state index in [-0.39, 0.29) is 12.5 Å². The first kappa shape index (κ1) is 14.0. The molecule has 0 heterocycles. The van der Waals surface area contributed by atoms with Gasteiger partial charge in [0.15, 0.2) is 0 Å². The minimum Gasteiger partial charge on any atom is -0.481 e. The fraction of sp³-hybridized carbons (Fsp3) is 0.385. The summed E-state index contributed by atoms with van der Waals surface area (Å²) in [7, 11) is 0. The van der Waals surface area contributed by atoms with Crippen LogP contribution < -0.4 is 11.1 Å². The summed E-state index contributed by atoms with van der Waals surface area (Å²) < 4.78 is 0. The molecule has 0 saturated heterocycles. The third kappa shape index (κ3) is 3.48. The minimum absolute atomic E-state index is 0.109. The van der Waals surface area contributed by atoms with Crippen LogP contribution in [-0.4, -0.2) is 23.5 Å². The topological polar surface area (TPSA) is 92.4 Å². The van der Waals surface area contributed by atoms with E-state index in [0.717, 1.165) is 5.56 Å². The Morgan fingerprint density at radius 1 is 1.44 bits per heavy atom. The van der Waals surface area contributed by atoms with E-state index >= 15 is 0 Å². The lowest BCUT2D eigenvalue weighted by Crippen LogP contribution is -2.33. The van der Waals surface area contributed by atoms with Crippen LogP contribution in [0.1, 0.15) is 29.3 Å². The number of aryl methyl sites for hydroxylation is 1. The molecule has 0 radical (unpaired) electrons. The molecule has 0 aliphatic heterocycles. The minimum atomic E-state index is -0.907. The van der Waals surface area contributed by atoms with Gasteiger partial charge in [-0.2, -0.15) is 0 Å². The molecule has 0 aliphatic carbocycles. The van der Waals surface area contributed by atoms with Crippen molar-refractivity contribution < 1.29 is 14.7 Å². The molecular formula is C13H18N2O3. The first-order valence-electron chi connectivity index (χ1n) is 5.82. The Morgan fingerprint density at radius 2 is 2.11 bits per heavy atom. The highest BCUT2D eigenvalue weighted by atomic mass is 16.4. The average molecular weight is 250 g/mol. The zero-order chi connectivity index (χ0) is 13.7. The first-order chi connectivity index (χ1) is 8.45. The van der Waals surface area contributed by atoms with E-state index < -0.39 is 11.9 Å². The lowest BCUT2D eigenvalue weighted by molar-refractivity contribution is -0.141. The molecule has 1 rings (SSSR count). The zero-order valence-corrected chi connectivity index (χ0v) is 10.6. The predicted octanol–water partition coefficient (Wildman–Crippen LogP) is 1.42. The second-order valence-corrected chi connectivity index (χ2v) is 4.24. The second kappa shape index (κ2) is 6.05. The molecule has 0 fully saturated rings. The summed E-state index contributed by atoms with van der Waals surface area (Å²) in [5, 5.41) is 11.5. The van der Waals surface area contributed by atoms with Gasteiger partial charge in [0, 0.05) is 12.2 Å². The van der Waals surface area contributed by atoms with Crippen molar-refractivity contribution in [2.75, 3.05) is 12.3 Å². The number of rotatable bonds is 5. The highest BCUT2D eigenvalue weighted by Gasteiger charge is 2.17. The molecule has 98 valence electrons. The Labute approximate surface area is 106 Å². The van der Waals surface area contributed by atoms with Gasteiger partial charge < -0.3 is 16.2 Å². The molecule has 4 N–H and O–H groups in total. The Kier molecular flexibility index (Phi) is 4.71. The van der Waals surface area contributed by atoms with Crippen LogP contribution in [0.5, 0.6) is 0 Å². The predicted molar refractivity (Wildman–Crippen MR) is 69.3 cm³/mol. The van der Waals surface area contributed by atoms with Crippen LogP contribution in [0.4, 0.5) is 5.69 Å². The van der Waals surface area contributed by atoms with Crippen LogP contribution >= 0.6 is 0 Å². The smallest absolute Gasteiger partial charge is 0.308 e. The number of carboxylic acid groups (broad SMARTS) is 1. The average Bonchev–Trinajstić information content (AvgIpc) is 2.32. The van der Waals surface area contributed by atoms with Gasteiger partial charge >= 0.3 is 5.97 Å². The van der Waals surface area contributed by atoms with Gasteiger partial charge in [-0.05, 0) is 25.5 Å². The third-order valence-electron chi connectivity index (χ3n) is 2.80. The summed E-state index contributed by atoms with van der Waals surface area (Å²) in [6.07, 6.45) is 0.471. The van der Waals surface area contributed by atoms with Crippen LogP contribution in [0.25, 0.3) is 0 Å². The van der Waals surface area contributed by atoms with Gasteiger partial charge in [0.05, 0.1) is 11.5 Å². The van der Waals surface area contributed by atoms with Crippen molar-refractivity contribution in [3.63, 3.8) is 0 Å². The monoisotopic (exact) mass is 250 g/mol. The summed E-state index contributed by atoms with van der Waals surface area (Å²) in [6, 6.07) is 5.17. The number of hydrogen-bond acceptors (Lipinski definition) is 3. The Bertz CT molecular complexity index is 458. The van der Waals surface area contributed by atoms with Crippen LogP contribution in [0, 0.1) is 12.8 Å². The van der Waals surface area contributed by atoms with Crippen molar-refractivity contribution in [2.24, 2.45) is 5.92 Å². The molecule has 5 nitrogen and oxygen atoms in total. The molecule has 18 heavy (non-hydrogen) atoms. The van der Waals surface area contributed by atoms with Crippen molar-refractivity contribution in [1.29, 1.82) is 0 Å². The SMILES string of the molecule is CCC(CNC(=O)c1cc(C)ccc1N)C(=O)O. The van der Waals surface area contributed by atoms with E-state index in [1.807, 2.05) is 13.0 Å². The number of nitrogen functional groups attached to an aromatic ring is 1. The number of hydrogen-bond donors (Lipinski definition) is 3. The maximum Gasteiger partial charge on any atom is 0.308 e. The van der Waals surface area contributed by atoms with E-state index in [1.54, 1.807) is 19.1 Å². The Balaban J connectivity index is 2.71. The Morgan fingerprint density at radius 3 is 2.67 bits per heavy atom. The molecule has 1 atom stereocenters. The molecule has 5 heteroatoms. The van der Waals surface area contributed by atoms with Crippen molar-refractivity contribution in [3.8, 4) is 0 Å². The van der Waals surface area contributed by atoms with Crippen molar-refractivity contribution in [1.82, 2.24) is 5.32 Å². The summed E-state index contributed by atoms with van der Waals surface area (Å²) in [6.45, 7) is 3.74. The molecule has 0 aliphatic rings. The van der Waals surface area contributed by atoms with Crippen molar-refractivity contribution >= 4 is 17.6 Å². The van der Waals surface area contributed by atoms with Crippen molar-refractivity contribution in [2.45, 2.75) is 20.3 Å². The maximum absolute atomic E-state index is 11.9. The number of nitrogens with two attached hydrogens (primary N) is 1. The molecule has 1 aromatic rings. The van der Waals surface area contributed by atoms with Gasteiger partial charge in [0.2, 0.25) is 0 Å². The first-order valence-corrected chi connectivity index (χ1v) is 5.82. The van der Waals surface area contributed by atoms with Gasteiger partial charge in [-0.15, -0.1) is 0 Å². The number of benzene rings is 1. The summed E-state index contributed by atoms with van der Waals surface area (Å²) >= 11 is 0. The quantitative estimate of drug-likeness (QED) is 0.689. The summed E-state index contributed by atoms with van der Waals surface area (Å²) in [5.74, 6) is -1.81. The lowest BCUT2D eigenvalue weighted by atomic mass is 10.1. The van der Waals surface area contributed by atoms with Gasteiger partial charge in [-0.25, -0.2) is 0 Å². The number of carboxylic acids is 1. The van der Waals surface area contributed by atoms with Gasteiger partial charge in [0.25, 0.3) is 5.91 Å². The van der Waals surface area contributed by atoms with Crippen LogP contribution in [0.15, 0.2) is 18.2 Å². The molecule has 1 aromatic carbocycles. The highest BCUT2D eigenvalue weighted by molar-refractivity contribution is 5.99. The molecule has 0 spiro atoms. The molecule has 0 aromatic heterocycles. The number of nitrogens with one attached hydrogen (secondary N) is 1. The fourth-order valence-electron chi connectivity index (χ4n) is 1.58. The summed E-state index contributed by atoms with van der Waals surface area (Å²) in [5.41, 5.74) is 7.42. The van der Waals surface area contributed by atoms with E-state index in [4.69, 9.17) is 10.8 Å². The molecule has 1 amide bonds. The summed E-state index contributed by atoms with van der Waals surface area (Å²) in [4.78, 5) is 22.7. The van der Waals surface area contributed by atoms with Gasteiger partial charge in [-0.1, -0.05) is 18.6 Å². The zero-order valence-electron chi connectivity index (χ0n) is 10.6. The largest absolute Gasteiger partial charge is 0.481 e. The number of aliphatic carboxylic acids is 1. The van der Waals surface area contributed by atoms with E-state index in [1.165, 1.54) is 0 Å². The fourth-order valence-corrected chi connectivity index (χ4v) is 1.58. The van der Waals surface area contributed by atoms with E-state index in [2.05, 4.69) is 5.32 Å². The van der Waals surface area contributed by atoms with E-state index in [9.17, 15) is 9.59 Å². The van der Waals surface area contributed by atoms with Gasteiger partial charge in [0.1, 0.15) is 0 Å². The van der Waals surface area contributed by atoms with Crippen LogP contribution in [0.3, 0.4) is 0 Å². The maximum atomic E-state index is 11.9. The van der Waals surface area contributed by atoms with Crippen LogP contribution in [-0.2, 0) is 4.79 Å². The molecule has 0 saturated carbocycles. The molecular weight excluding hydrogens is 232 g/mol.